The van der Waals surface area contributed by atoms with Crippen molar-refractivity contribution in [2.75, 3.05) is 31.6 Å². The SMILES string of the molecule is Cc1cccnc1Nc1ccc(C2CN(CCc3ccccc3)CCO2)nc1. The van der Waals surface area contributed by atoms with Crippen molar-refractivity contribution in [3.63, 3.8) is 0 Å². The molecule has 3 aromatic rings. The topological polar surface area (TPSA) is 50.3 Å². The van der Waals surface area contributed by atoms with Gasteiger partial charge in [0.05, 0.1) is 24.2 Å². The Bertz CT molecular complexity index is 883. The Morgan fingerprint density at radius 1 is 1.07 bits per heavy atom. The molecule has 1 fully saturated rings. The molecule has 1 unspecified atom stereocenters. The van der Waals surface area contributed by atoms with Crippen LogP contribution >= 0.6 is 0 Å². The van der Waals surface area contributed by atoms with Crippen LogP contribution in [0.15, 0.2) is 67.0 Å². The quantitative estimate of drug-likeness (QED) is 0.703. The number of hydrogen-bond donors (Lipinski definition) is 1. The summed E-state index contributed by atoms with van der Waals surface area (Å²) in [6.07, 6.45) is 4.73. The zero-order chi connectivity index (χ0) is 19.2. The van der Waals surface area contributed by atoms with Gasteiger partial charge in [0.25, 0.3) is 0 Å². The van der Waals surface area contributed by atoms with Gasteiger partial charge in [0.2, 0.25) is 0 Å². The number of hydrogen-bond acceptors (Lipinski definition) is 5. The maximum Gasteiger partial charge on any atom is 0.133 e. The van der Waals surface area contributed by atoms with Crippen molar-refractivity contribution in [1.82, 2.24) is 14.9 Å². The highest BCUT2D eigenvalue weighted by Gasteiger charge is 2.22. The van der Waals surface area contributed by atoms with E-state index in [2.05, 4.69) is 50.5 Å². The Hall–Kier alpha value is -2.76. The second kappa shape index (κ2) is 8.95. The summed E-state index contributed by atoms with van der Waals surface area (Å²) in [5.74, 6) is 0.859. The van der Waals surface area contributed by atoms with E-state index in [0.717, 1.165) is 55.4 Å². The molecule has 0 spiro atoms. The molecule has 3 heterocycles. The van der Waals surface area contributed by atoms with E-state index in [1.807, 2.05) is 37.4 Å². The highest BCUT2D eigenvalue weighted by atomic mass is 16.5. The number of anilines is 2. The van der Waals surface area contributed by atoms with Crippen LogP contribution in [0, 0.1) is 6.92 Å². The predicted octanol–water partition coefficient (Wildman–Crippen LogP) is 4.14. The number of nitrogens with zero attached hydrogens (tertiary/aromatic N) is 3. The molecule has 2 aromatic heterocycles. The van der Waals surface area contributed by atoms with Gasteiger partial charge >= 0.3 is 0 Å². The number of rotatable bonds is 6. The summed E-state index contributed by atoms with van der Waals surface area (Å²) in [5.41, 5.74) is 4.40. The van der Waals surface area contributed by atoms with Gasteiger partial charge < -0.3 is 10.1 Å². The first kappa shape index (κ1) is 18.6. The molecule has 0 amide bonds. The van der Waals surface area contributed by atoms with Crippen LogP contribution in [0.25, 0.3) is 0 Å². The Kier molecular flexibility index (Phi) is 5.95. The highest BCUT2D eigenvalue weighted by Crippen LogP contribution is 2.23. The number of aryl methyl sites for hydroxylation is 1. The van der Waals surface area contributed by atoms with E-state index in [1.54, 1.807) is 6.20 Å². The lowest BCUT2D eigenvalue weighted by Gasteiger charge is -2.32. The molecule has 0 radical (unpaired) electrons. The average Bonchev–Trinajstić information content (AvgIpc) is 2.75. The third-order valence-corrected chi connectivity index (χ3v) is 5.10. The van der Waals surface area contributed by atoms with Gasteiger partial charge in [-0.3, -0.25) is 9.88 Å². The van der Waals surface area contributed by atoms with Crippen LogP contribution in [0.2, 0.25) is 0 Å². The Labute approximate surface area is 166 Å². The van der Waals surface area contributed by atoms with Crippen molar-refractivity contribution in [3.8, 4) is 0 Å². The number of nitrogens with one attached hydrogen (secondary N) is 1. The summed E-state index contributed by atoms with van der Waals surface area (Å²) in [7, 11) is 0. The standard InChI is InChI=1S/C23H26N4O/c1-18-6-5-12-24-23(18)26-20-9-10-21(25-16-20)22-17-27(14-15-28-22)13-11-19-7-3-2-4-8-19/h2-10,12,16,22H,11,13-15,17H2,1H3,(H,24,26). The van der Waals surface area contributed by atoms with Crippen LogP contribution in [-0.2, 0) is 11.2 Å². The summed E-state index contributed by atoms with van der Waals surface area (Å²) in [6, 6.07) is 18.7. The van der Waals surface area contributed by atoms with Gasteiger partial charge in [0, 0.05) is 25.8 Å². The lowest BCUT2D eigenvalue weighted by molar-refractivity contribution is -0.0316. The maximum atomic E-state index is 5.99. The Morgan fingerprint density at radius 2 is 1.96 bits per heavy atom. The summed E-state index contributed by atoms with van der Waals surface area (Å²) in [6.45, 7) is 5.68. The zero-order valence-electron chi connectivity index (χ0n) is 16.2. The summed E-state index contributed by atoms with van der Waals surface area (Å²) in [5, 5.41) is 3.32. The number of pyridine rings is 2. The van der Waals surface area contributed by atoms with Crippen molar-refractivity contribution < 1.29 is 4.74 Å². The number of morpholine rings is 1. The first-order valence-electron chi connectivity index (χ1n) is 9.80. The molecule has 5 nitrogen and oxygen atoms in total. The van der Waals surface area contributed by atoms with E-state index in [1.165, 1.54) is 5.56 Å². The fourth-order valence-electron chi connectivity index (χ4n) is 3.44. The zero-order valence-corrected chi connectivity index (χ0v) is 16.2. The van der Waals surface area contributed by atoms with Crippen LogP contribution < -0.4 is 5.32 Å². The van der Waals surface area contributed by atoms with Crippen molar-refractivity contribution in [2.24, 2.45) is 0 Å². The lowest BCUT2D eigenvalue weighted by atomic mass is 10.1. The predicted molar refractivity (Wildman–Crippen MR) is 112 cm³/mol. The normalized spacial score (nSPS) is 17.4. The van der Waals surface area contributed by atoms with Gasteiger partial charge in [-0.2, -0.15) is 0 Å². The van der Waals surface area contributed by atoms with Crippen molar-refractivity contribution in [1.29, 1.82) is 0 Å². The molecular weight excluding hydrogens is 348 g/mol. The molecule has 1 atom stereocenters. The van der Waals surface area contributed by atoms with Crippen molar-refractivity contribution in [3.05, 3.63) is 83.8 Å². The van der Waals surface area contributed by atoms with Crippen LogP contribution in [0.5, 0.6) is 0 Å². The van der Waals surface area contributed by atoms with Gasteiger partial charge in [0.15, 0.2) is 0 Å². The van der Waals surface area contributed by atoms with Gasteiger partial charge in [-0.1, -0.05) is 36.4 Å². The summed E-state index contributed by atoms with van der Waals surface area (Å²) < 4.78 is 5.99. The second-order valence-electron chi connectivity index (χ2n) is 7.16. The fourth-order valence-corrected chi connectivity index (χ4v) is 3.44. The highest BCUT2D eigenvalue weighted by molar-refractivity contribution is 5.57. The van der Waals surface area contributed by atoms with Crippen molar-refractivity contribution >= 4 is 11.5 Å². The molecule has 0 saturated carbocycles. The van der Waals surface area contributed by atoms with E-state index in [4.69, 9.17) is 4.74 Å². The number of benzene rings is 1. The van der Waals surface area contributed by atoms with E-state index < -0.39 is 0 Å². The molecule has 0 aliphatic carbocycles. The summed E-state index contributed by atoms with van der Waals surface area (Å²) >= 11 is 0. The molecule has 0 bridgehead atoms. The fraction of sp³-hybridized carbons (Fsp3) is 0.304. The van der Waals surface area contributed by atoms with Gasteiger partial charge in [-0.25, -0.2) is 4.98 Å². The average molecular weight is 374 g/mol. The largest absolute Gasteiger partial charge is 0.369 e. The van der Waals surface area contributed by atoms with E-state index in [-0.39, 0.29) is 6.10 Å². The van der Waals surface area contributed by atoms with E-state index in [9.17, 15) is 0 Å². The Balaban J connectivity index is 1.35. The van der Waals surface area contributed by atoms with E-state index in [0.29, 0.717) is 0 Å². The smallest absolute Gasteiger partial charge is 0.133 e. The third-order valence-electron chi connectivity index (χ3n) is 5.10. The lowest BCUT2D eigenvalue weighted by Crippen LogP contribution is -2.39. The monoisotopic (exact) mass is 374 g/mol. The van der Waals surface area contributed by atoms with Crippen LogP contribution in [0.3, 0.4) is 0 Å². The van der Waals surface area contributed by atoms with Crippen molar-refractivity contribution in [2.45, 2.75) is 19.4 Å². The number of aromatic nitrogens is 2. The molecule has 28 heavy (non-hydrogen) atoms. The molecule has 1 N–H and O–H groups in total. The molecule has 1 aliphatic heterocycles. The molecule has 1 aliphatic rings. The van der Waals surface area contributed by atoms with Crippen LogP contribution in [-0.4, -0.2) is 41.1 Å². The first-order chi connectivity index (χ1) is 13.8. The van der Waals surface area contributed by atoms with E-state index >= 15 is 0 Å². The second-order valence-corrected chi connectivity index (χ2v) is 7.16. The van der Waals surface area contributed by atoms with Crippen LogP contribution in [0.1, 0.15) is 22.9 Å². The van der Waals surface area contributed by atoms with Gasteiger partial charge in [0.1, 0.15) is 11.9 Å². The maximum absolute atomic E-state index is 5.99. The molecule has 5 heteroatoms. The minimum absolute atomic E-state index is 0.0233. The molecule has 144 valence electrons. The van der Waals surface area contributed by atoms with Gasteiger partial charge in [-0.15, -0.1) is 0 Å². The third kappa shape index (κ3) is 4.74. The van der Waals surface area contributed by atoms with Crippen LogP contribution in [0.4, 0.5) is 11.5 Å². The molecule has 1 aromatic carbocycles. The molecular formula is C23H26N4O. The minimum Gasteiger partial charge on any atom is -0.369 e. The number of ether oxygens (including phenoxy) is 1. The Morgan fingerprint density at radius 3 is 2.75 bits per heavy atom. The minimum atomic E-state index is 0.0233. The molecule has 4 rings (SSSR count). The summed E-state index contributed by atoms with van der Waals surface area (Å²) in [4.78, 5) is 11.5. The first-order valence-corrected chi connectivity index (χ1v) is 9.80. The van der Waals surface area contributed by atoms with Gasteiger partial charge in [-0.05, 0) is 42.7 Å². The molecule has 1 saturated heterocycles.